The molecular formula is C17H24ClNO. The summed E-state index contributed by atoms with van der Waals surface area (Å²) >= 11 is 6.09. The van der Waals surface area contributed by atoms with E-state index in [1.807, 2.05) is 6.07 Å². The van der Waals surface area contributed by atoms with E-state index in [0.29, 0.717) is 5.88 Å². The number of carbonyl (C=O) groups excluding carboxylic acids is 1. The third-order valence-corrected chi connectivity index (χ3v) is 5.20. The van der Waals surface area contributed by atoms with Gasteiger partial charge in [-0.25, -0.2) is 0 Å². The molecule has 1 aromatic rings. The lowest BCUT2D eigenvalue weighted by atomic mass is 9.81. The van der Waals surface area contributed by atoms with Crippen LogP contribution in [0.1, 0.15) is 56.6 Å². The fourth-order valence-corrected chi connectivity index (χ4v) is 3.47. The van der Waals surface area contributed by atoms with Crippen molar-refractivity contribution in [2.75, 3.05) is 5.88 Å². The molecule has 3 heteroatoms. The molecule has 1 aliphatic rings. The summed E-state index contributed by atoms with van der Waals surface area (Å²) in [6.45, 7) is 4.17. The molecular weight excluding hydrogens is 270 g/mol. The highest BCUT2D eigenvalue weighted by Gasteiger charge is 2.32. The van der Waals surface area contributed by atoms with Crippen LogP contribution in [0.4, 0.5) is 0 Å². The molecule has 0 aromatic heterocycles. The molecule has 0 bridgehead atoms. The van der Waals surface area contributed by atoms with Gasteiger partial charge in [0.25, 0.3) is 0 Å². The molecule has 20 heavy (non-hydrogen) atoms. The molecule has 1 atom stereocenters. The average molecular weight is 294 g/mol. The maximum absolute atomic E-state index is 12.7. The quantitative estimate of drug-likeness (QED) is 0.816. The Morgan fingerprint density at radius 2 is 2.05 bits per heavy atom. The number of halogens is 1. The minimum absolute atomic E-state index is 0.0133. The van der Waals surface area contributed by atoms with E-state index in [4.69, 9.17) is 11.6 Å². The first-order valence-electron chi connectivity index (χ1n) is 7.61. The number of aryl methyl sites for hydroxylation is 1. The van der Waals surface area contributed by atoms with Crippen LogP contribution in [0.15, 0.2) is 24.3 Å². The second-order valence-electron chi connectivity index (χ2n) is 5.75. The Morgan fingerprint density at radius 1 is 1.35 bits per heavy atom. The molecule has 1 amide bonds. The van der Waals surface area contributed by atoms with Crippen LogP contribution >= 0.6 is 11.6 Å². The number of benzene rings is 1. The lowest BCUT2D eigenvalue weighted by molar-refractivity contribution is -0.124. The Hall–Kier alpha value is -1.02. The summed E-state index contributed by atoms with van der Waals surface area (Å²) in [4.78, 5) is 12.7. The average Bonchev–Trinajstić information content (AvgIpc) is 2.52. The first-order chi connectivity index (χ1) is 9.65. The summed E-state index contributed by atoms with van der Waals surface area (Å²) in [7, 11) is 0. The van der Waals surface area contributed by atoms with Gasteiger partial charge >= 0.3 is 0 Å². The minimum Gasteiger partial charge on any atom is -0.349 e. The monoisotopic (exact) mass is 293 g/mol. The largest absolute Gasteiger partial charge is 0.349 e. The van der Waals surface area contributed by atoms with Crippen molar-refractivity contribution in [3.8, 4) is 0 Å². The van der Waals surface area contributed by atoms with E-state index < -0.39 is 0 Å². The summed E-state index contributed by atoms with van der Waals surface area (Å²) in [6, 6.07) is 8.32. The van der Waals surface area contributed by atoms with Crippen LogP contribution in [0.25, 0.3) is 0 Å². The van der Waals surface area contributed by atoms with Gasteiger partial charge in [0.15, 0.2) is 0 Å². The van der Waals surface area contributed by atoms with E-state index >= 15 is 0 Å². The normalized spacial score (nSPS) is 18.4. The van der Waals surface area contributed by atoms with Gasteiger partial charge < -0.3 is 5.32 Å². The van der Waals surface area contributed by atoms with Crippen LogP contribution in [-0.4, -0.2) is 17.3 Å². The second-order valence-corrected chi connectivity index (χ2v) is 6.02. The summed E-state index contributed by atoms with van der Waals surface area (Å²) in [5.41, 5.74) is 2.26. The van der Waals surface area contributed by atoms with E-state index in [1.54, 1.807) is 0 Å². The van der Waals surface area contributed by atoms with Gasteiger partial charge in [0, 0.05) is 5.88 Å². The number of hydrogen-bond donors (Lipinski definition) is 1. The van der Waals surface area contributed by atoms with Gasteiger partial charge in [-0.1, -0.05) is 38.1 Å². The van der Waals surface area contributed by atoms with Crippen molar-refractivity contribution in [1.29, 1.82) is 0 Å². The van der Waals surface area contributed by atoms with Crippen molar-refractivity contribution < 1.29 is 4.79 Å². The summed E-state index contributed by atoms with van der Waals surface area (Å²) in [5, 5.41) is 3.22. The zero-order valence-electron chi connectivity index (χ0n) is 12.4. The maximum Gasteiger partial charge on any atom is 0.228 e. The van der Waals surface area contributed by atoms with Crippen molar-refractivity contribution in [2.45, 2.75) is 57.4 Å². The highest BCUT2D eigenvalue weighted by molar-refractivity contribution is 6.18. The Labute approximate surface area is 126 Å². The summed E-state index contributed by atoms with van der Waals surface area (Å²) in [5.74, 6) is 0.599. The molecule has 1 aliphatic carbocycles. The number of nitrogens with one attached hydrogen (secondary N) is 1. The molecule has 0 spiro atoms. The van der Waals surface area contributed by atoms with Crippen LogP contribution in [0.3, 0.4) is 0 Å². The standard InChI is InChI=1S/C17H24ClNO/c1-3-17(4-2,12-18)19-16(20)15-11-7-9-13-8-5-6-10-14(13)15/h5-6,8,10,15H,3-4,7,9,11-12H2,1-2H3,(H,19,20). The van der Waals surface area contributed by atoms with E-state index in [9.17, 15) is 4.79 Å². The molecule has 1 aromatic carbocycles. The molecule has 0 aliphatic heterocycles. The number of carbonyl (C=O) groups is 1. The molecule has 2 rings (SSSR count). The van der Waals surface area contributed by atoms with Gasteiger partial charge in [-0.15, -0.1) is 11.6 Å². The molecule has 1 unspecified atom stereocenters. The number of fused-ring (bicyclic) bond motifs is 1. The molecule has 0 heterocycles. The number of amides is 1. The van der Waals surface area contributed by atoms with Crippen molar-refractivity contribution in [3.05, 3.63) is 35.4 Å². The van der Waals surface area contributed by atoms with Crippen molar-refractivity contribution in [1.82, 2.24) is 5.32 Å². The Kier molecular flexibility index (Phi) is 5.09. The SMILES string of the molecule is CCC(CC)(CCl)NC(=O)C1CCCc2ccccc21. The molecule has 0 saturated heterocycles. The van der Waals surface area contributed by atoms with Crippen LogP contribution < -0.4 is 5.32 Å². The topological polar surface area (TPSA) is 29.1 Å². The number of alkyl halides is 1. The van der Waals surface area contributed by atoms with Gasteiger partial charge in [-0.2, -0.15) is 0 Å². The maximum atomic E-state index is 12.7. The molecule has 0 saturated carbocycles. The van der Waals surface area contributed by atoms with Gasteiger partial charge in [0.1, 0.15) is 0 Å². The van der Waals surface area contributed by atoms with E-state index in [2.05, 4.69) is 37.4 Å². The van der Waals surface area contributed by atoms with Crippen LogP contribution in [-0.2, 0) is 11.2 Å². The highest BCUT2D eigenvalue weighted by atomic mass is 35.5. The predicted molar refractivity (Wildman–Crippen MR) is 84.3 cm³/mol. The van der Waals surface area contributed by atoms with Gasteiger partial charge in [0.2, 0.25) is 5.91 Å². The molecule has 110 valence electrons. The molecule has 1 N–H and O–H groups in total. The molecule has 2 nitrogen and oxygen atoms in total. The van der Waals surface area contributed by atoms with Gasteiger partial charge in [0.05, 0.1) is 11.5 Å². The van der Waals surface area contributed by atoms with Crippen LogP contribution in [0, 0.1) is 0 Å². The third kappa shape index (κ3) is 3.01. The zero-order valence-corrected chi connectivity index (χ0v) is 13.2. The Morgan fingerprint density at radius 3 is 2.70 bits per heavy atom. The first-order valence-corrected chi connectivity index (χ1v) is 8.15. The van der Waals surface area contributed by atoms with Gasteiger partial charge in [-0.3, -0.25) is 4.79 Å². The number of rotatable bonds is 5. The van der Waals surface area contributed by atoms with E-state index in [0.717, 1.165) is 32.1 Å². The van der Waals surface area contributed by atoms with Crippen molar-refractivity contribution >= 4 is 17.5 Å². The Balaban J connectivity index is 2.19. The third-order valence-electron chi connectivity index (χ3n) is 4.68. The second kappa shape index (κ2) is 6.62. The fraction of sp³-hybridized carbons (Fsp3) is 0.588. The highest BCUT2D eigenvalue weighted by Crippen LogP contribution is 2.32. The molecule has 0 radical (unpaired) electrons. The predicted octanol–water partition coefficient (Wildman–Crippen LogP) is 4.02. The Bertz CT molecular complexity index is 460. The lowest BCUT2D eigenvalue weighted by Crippen LogP contribution is -2.51. The van der Waals surface area contributed by atoms with Crippen LogP contribution in [0.5, 0.6) is 0 Å². The van der Waals surface area contributed by atoms with E-state index in [-0.39, 0.29) is 17.4 Å². The smallest absolute Gasteiger partial charge is 0.228 e. The number of hydrogen-bond acceptors (Lipinski definition) is 1. The summed E-state index contributed by atoms with van der Waals surface area (Å²) in [6.07, 6.45) is 4.85. The minimum atomic E-state index is -0.259. The fourth-order valence-electron chi connectivity index (χ4n) is 3.02. The van der Waals surface area contributed by atoms with Crippen molar-refractivity contribution in [2.24, 2.45) is 0 Å². The van der Waals surface area contributed by atoms with Gasteiger partial charge in [-0.05, 0) is 43.2 Å². The van der Waals surface area contributed by atoms with E-state index in [1.165, 1.54) is 11.1 Å². The van der Waals surface area contributed by atoms with Crippen molar-refractivity contribution in [3.63, 3.8) is 0 Å². The summed E-state index contributed by atoms with van der Waals surface area (Å²) < 4.78 is 0. The zero-order chi connectivity index (χ0) is 14.6. The van der Waals surface area contributed by atoms with Crippen LogP contribution in [0.2, 0.25) is 0 Å². The first kappa shape index (κ1) is 15.4. The lowest BCUT2D eigenvalue weighted by Gasteiger charge is -2.34. The molecule has 0 fully saturated rings.